The molecule has 0 aromatic rings. The van der Waals surface area contributed by atoms with E-state index in [4.69, 9.17) is 5.73 Å². The maximum atomic E-state index is 5.98. The molecule has 1 saturated carbocycles. The molecule has 0 aromatic carbocycles. The largest absolute Gasteiger partial charge is 0.370 e. The second-order valence-corrected chi connectivity index (χ2v) is 5.82. The molecule has 1 aliphatic rings. The van der Waals surface area contributed by atoms with Crippen molar-refractivity contribution in [2.75, 3.05) is 19.6 Å². The van der Waals surface area contributed by atoms with Crippen LogP contribution in [0.4, 0.5) is 0 Å². The lowest BCUT2D eigenvalue weighted by Gasteiger charge is -2.24. The predicted molar refractivity (Wildman–Crippen MR) is 83.5 cm³/mol. The fourth-order valence-electron chi connectivity index (χ4n) is 2.76. The molecule has 19 heavy (non-hydrogen) atoms. The van der Waals surface area contributed by atoms with Crippen molar-refractivity contribution in [3.8, 4) is 0 Å². The molecule has 1 rings (SSSR count). The van der Waals surface area contributed by atoms with E-state index < -0.39 is 0 Å². The Hall–Kier alpha value is -0.770. The summed E-state index contributed by atoms with van der Waals surface area (Å²) in [7, 11) is 0. The van der Waals surface area contributed by atoms with E-state index in [1.54, 1.807) is 0 Å². The SMILES string of the molecule is CCN(CCN=C(N)NC1CCCCCC1)C(C)C. The lowest BCUT2D eigenvalue weighted by molar-refractivity contribution is 0.240. The van der Waals surface area contributed by atoms with Crippen molar-refractivity contribution in [3.05, 3.63) is 0 Å². The van der Waals surface area contributed by atoms with Crippen LogP contribution in [0.5, 0.6) is 0 Å². The quantitative estimate of drug-likeness (QED) is 0.442. The van der Waals surface area contributed by atoms with Crippen molar-refractivity contribution in [2.45, 2.75) is 71.4 Å². The molecule has 0 atom stereocenters. The summed E-state index contributed by atoms with van der Waals surface area (Å²) in [6, 6.07) is 1.12. The molecule has 0 unspecified atom stereocenters. The lowest BCUT2D eigenvalue weighted by atomic mass is 10.1. The highest BCUT2D eigenvalue weighted by molar-refractivity contribution is 5.78. The highest BCUT2D eigenvalue weighted by Gasteiger charge is 2.12. The molecule has 3 N–H and O–H groups in total. The van der Waals surface area contributed by atoms with Gasteiger partial charge in [-0.2, -0.15) is 0 Å². The normalized spacial score (nSPS) is 18.9. The second-order valence-electron chi connectivity index (χ2n) is 5.82. The number of nitrogens with zero attached hydrogens (tertiary/aromatic N) is 2. The number of nitrogens with one attached hydrogen (secondary N) is 1. The predicted octanol–water partition coefficient (Wildman–Crippen LogP) is 2.34. The molecule has 0 spiro atoms. The molecule has 0 aromatic heterocycles. The van der Waals surface area contributed by atoms with E-state index in [9.17, 15) is 0 Å². The van der Waals surface area contributed by atoms with Crippen LogP contribution in [0.1, 0.15) is 59.3 Å². The fraction of sp³-hybridized carbons (Fsp3) is 0.933. The van der Waals surface area contributed by atoms with Crippen molar-refractivity contribution in [1.82, 2.24) is 10.2 Å². The summed E-state index contributed by atoms with van der Waals surface area (Å²) in [5.74, 6) is 0.631. The number of nitrogens with two attached hydrogens (primary N) is 1. The zero-order valence-corrected chi connectivity index (χ0v) is 13.0. The van der Waals surface area contributed by atoms with Gasteiger partial charge in [0.2, 0.25) is 0 Å². The van der Waals surface area contributed by atoms with Crippen molar-refractivity contribution in [2.24, 2.45) is 10.7 Å². The van der Waals surface area contributed by atoms with Crippen LogP contribution in [0.25, 0.3) is 0 Å². The van der Waals surface area contributed by atoms with Crippen LogP contribution in [-0.4, -0.2) is 42.6 Å². The van der Waals surface area contributed by atoms with Gasteiger partial charge in [0.05, 0.1) is 6.54 Å². The van der Waals surface area contributed by atoms with Gasteiger partial charge in [-0.1, -0.05) is 32.6 Å². The number of rotatable bonds is 6. The van der Waals surface area contributed by atoms with Crippen LogP contribution in [0.2, 0.25) is 0 Å². The summed E-state index contributed by atoms with van der Waals surface area (Å²) in [5.41, 5.74) is 5.98. The van der Waals surface area contributed by atoms with Crippen molar-refractivity contribution < 1.29 is 0 Å². The molecule has 0 bridgehead atoms. The van der Waals surface area contributed by atoms with E-state index in [0.29, 0.717) is 18.0 Å². The van der Waals surface area contributed by atoms with E-state index in [2.05, 4.69) is 36.0 Å². The summed E-state index contributed by atoms with van der Waals surface area (Å²) < 4.78 is 0. The van der Waals surface area contributed by atoms with Crippen LogP contribution in [0.15, 0.2) is 4.99 Å². The number of guanidine groups is 1. The third-order valence-electron chi connectivity index (χ3n) is 4.01. The van der Waals surface area contributed by atoms with Crippen LogP contribution < -0.4 is 11.1 Å². The van der Waals surface area contributed by atoms with Gasteiger partial charge in [0.1, 0.15) is 0 Å². The Balaban J connectivity index is 2.27. The number of hydrogen-bond donors (Lipinski definition) is 2. The Bertz CT molecular complexity index is 255. The first-order chi connectivity index (χ1) is 9.13. The minimum atomic E-state index is 0.540. The zero-order valence-electron chi connectivity index (χ0n) is 13.0. The maximum absolute atomic E-state index is 5.98. The van der Waals surface area contributed by atoms with E-state index in [1.807, 2.05) is 0 Å². The minimum absolute atomic E-state index is 0.540. The average molecular weight is 268 g/mol. The van der Waals surface area contributed by atoms with Crippen LogP contribution in [0, 0.1) is 0 Å². The Morgan fingerprint density at radius 2 is 1.89 bits per heavy atom. The van der Waals surface area contributed by atoms with Crippen molar-refractivity contribution in [1.29, 1.82) is 0 Å². The van der Waals surface area contributed by atoms with Gasteiger partial charge in [0.25, 0.3) is 0 Å². The van der Waals surface area contributed by atoms with Crippen molar-refractivity contribution >= 4 is 5.96 Å². The van der Waals surface area contributed by atoms with E-state index in [-0.39, 0.29) is 0 Å². The van der Waals surface area contributed by atoms with Gasteiger partial charge < -0.3 is 11.1 Å². The molecule has 1 aliphatic carbocycles. The molecule has 0 saturated heterocycles. The summed E-state index contributed by atoms with van der Waals surface area (Å²) in [6.45, 7) is 9.49. The Kier molecular flexibility index (Phi) is 7.87. The molecule has 0 aliphatic heterocycles. The molecule has 112 valence electrons. The van der Waals surface area contributed by atoms with Gasteiger partial charge in [-0.05, 0) is 33.2 Å². The monoisotopic (exact) mass is 268 g/mol. The van der Waals surface area contributed by atoms with E-state index in [0.717, 1.165) is 19.6 Å². The molecule has 0 radical (unpaired) electrons. The van der Waals surface area contributed by atoms with Gasteiger partial charge in [-0.3, -0.25) is 9.89 Å². The first-order valence-corrected chi connectivity index (χ1v) is 7.94. The highest BCUT2D eigenvalue weighted by atomic mass is 15.2. The van der Waals surface area contributed by atoms with E-state index >= 15 is 0 Å². The van der Waals surface area contributed by atoms with Gasteiger partial charge in [0.15, 0.2) is 5.96 Å². The highest BCUT2D eigenvalue weighted by Crippen LogP contribution is 2.16. The first-order valence-electron chi connectivity index (χ1n) is 7.94. The molecular weight excluding hydrogens is 236 g/mol. The third-order valence-corrected chi connectivity index (χ3v) is 4.01. The number of hydrogen-bond acceptors (Lipinski definition) is 2. The van der Waals surface area contributed by atoms with Gasteiger partial charge in [-0.15, -0.1) is 0 Å². The third kappa shape index (κ3) is 6.81. The first kappa shape index (κ1) is 16.3. The van der Waals surface area contributed by atoms with Crippen LogP contribution in [0.3, 0.4) is 0 Å². The van der Waals surface area contributed by atoms with Gasteiger partial charge in [0, 0.05) is 18.6 Å². The summed E-state index contributed by atoms with van der Waals surface area (Å²) in [6.07, 6.45) is 7.86. The Morgan fingerprint density at radius 1 is 1.26 bits per heavy atom. The molecule has 0 amide bonds. The molecule has 0 heterocycles. The van der Waals surface area contributed by atoms with Gasteiger partial charge in [-0.25, -0.2) is 0 Å². The van der Waals surface area contributed by atoms with Crippen LogP contribution in [-0.2, 0) is 0 Å². The average Bonchev–Trinajstić information content (AvgIpc) is 2.62. The maximum Gasteiger partial charge on any atom is 0.188 e. The molecular formula is C15H32N4. The standard InChI is InChI=1S/C15H32N4/c1-4-19(13(2)3)12-11-17-15(16)18-14-9-7-5-6-8-10-14/h13-14H,4-12H2,1-3H3,(H3,16,17,18). The summed E-state index contributed by atoms with van der Waals surface area (Å²) in [4.78, 5) is 6.87. The Labute approximate surface area is 118 Å². The second kappa shape index (κ2) is 9.18. The molecule has 4 nitrogen and oxygen atoms in total. The smallest absolute Gasteiger partial charge is 0.188 e. The number of aliphatic imine (C=N–C) groups is 1. The number of likely N-dealkylation sites (N-methyl/N-ethyl adjacent to an activating group) is 1. The summed E-state index contributed by atoms with van der Waals surface area (Å²) in [5, 5.41) is 3.39. The Morgan fingerprint density at radius 3 is 2.42 bits per heavy atom. The molecule has 1 fully saturated rings. The van der Waals surface area contributed by atoms with Gasteiger partial charge >= 0.3 is 0 Å². The minimum Gasteiger partial charge on any atom is -0.370 e. The van der Waals surface area contributed by atoms with Crippen LogP contribution >= 0.6 is 0 Å². The topological polar surface area (TPSA) is 53.6 Å². The lowest BCUT2D eigenvalue weighted by Crippen LogP contribution is -2.40. The van der Waals surface area contributed by atoms with Crippen molar-refractivity contribution in [3.63, 3.8) is 0 Å². The fourth-order valence-corrected chi connectivity index (χ4v) is 2.76. The molecule has 4 heteroatoms. The van der Waals surface area contributed by atoms with E-state index in [1.165, 1.54) is 38.5 Å². The summed E-state index contributed by atoms with van der Waals surface area (Å²) >= 11 is 0. The zero-order chi connectivity index (χ0) is 14.1.